The van der Waals surface area contributed by atoms with Crippen molar-refractivity contribution in [3.63, 3.8) is 0 Å². The summed E-state index contributed by atoms with van der Waals surface area (Å²) in [7, 11) is 0. The largest absolute Gasteiger partial charge is 0.464 e. The van der Waals surface area contributed by atoms with Crippen molar-refractivity contribution in [1.29, 1.82) is 0 Å². The number of ketones is 1. The first-order valence-corrected chi connectivity index (χ1v) is 7.25. The van der Waals surface area contributed by atoms with Crippen LogP contribution in [-0.2, 0) is 14.3 Å². The second kappa shape index (κ2) is 6.34. The molecule has 0 aliphatic carbocycles. The topological polar surface area (TPSA) is 63.7 Å². The smallest absolute Gasteiger partial charge is 0.326 e. The number of carbonyl (C=O) groups excluding carboxylic acids is 3. The van der Waals surface area contributed by atoms with Gasteiger partial charge in [-0.1, -0.05) is 13.3 Å². The molecule has 21 heavy (non-hydrogen) atoms. The summed E-state index contributed by atoms with van der Waals surface area (Å²) in [4.78, 5) is 36.4. The lowest BCUT2D eigenvalue weighted by atomic mass is 10.1. The summed E-state index contributed by atoms with van der Waals surface area (Å²) < 4.78 is 18.5. The van der Waals surface area contributed by atoms with Gasteiger partial charge >= 0.3 is 5.97 Å². The van der Waals surface area contributed by atoms with Gasteiger partial charge in [-0.3, -0.25) is 19.3 Å². The second-order valence-electron chi connectivity index (χ2n) is 4.58. The lowest BCUT2D eigenvalue weighted by Gasteiger charge is -2.16. The number of unbranched alkanes of at least 4 members (excludes halogenated alkanes) is 1. The van der Waals surface area contributed by atoms with Gasteiger partial charge in [0.2, 0.25) is 0 Å². The number of fused-ring (bicyclic) bond motifs is 1. The quantitative estimate of drug-likeness (QED) is 0.461. The number of esters is 1. The third kappa shape index (κ3) is 3.12. The number of anilines is 1. The fourth-order valence-electron chi connectivity index (χ4n) is 2.01. The van der Waals surface area contributed by atoms with Gasteiger partial charge in [0.15, 0.2) is 0 Å². The molecule has 0 saturated heterocycles. The van der Waals surface area contributed by atoms with Gasteiger partial charge in [0, 0.05) is 4.47 Å². The number of nitrogens with zero attached hydrogens (tertiary/aromatic N) is 1. The average molecular weight is 358 g/mol. The van der Waals surface area contributed by atoms with Gasteiger partial charge in [0.05, 0.1) is 17.9 Å². The van der Waals surface area contributed by atoms with E-state index in [0.29, 0.717) is 0 Å². The fraction of sp³-hybridized carbons (Fsp3) is 0.357. The normalized spacial score (nSPS) is 13.6. The van der Waals surface area contributed by atoms with Crippen LogP contribution >= 0.6 is 15.9 Å². The van der Waals surface area contributed by atoms with Gasteiger partial charge in [-0.05, 0) is 34.5 Å². The highest BCUT2D eigenvalue weighted by Crippen LogP contribution is 2.36. The molecule has 7 heteroatoms. The zero-order valence-electron chi connectivity index (χ0n) is 11.3. The maximum atomic E-state index is 13.3. The maximum absolute atomic E-state index is 13.3. The van der Waals surface area contributed by atoms with Crippen LogP contribution in [0.2, 0.25) is 0 Å². The number of ether oxygens (including phenoxy) is 1. The minimum absolute atomic E-state index is 0.0479. The predicted molar refractivity (Wildman–Crippen MR) is 76.7 cm³/mol. The molecule has 0 bridgehead atoms. The van der Waals surface area contributed by atoms with Crippen molar-refractivity contribution in [2.45, 2.75) is 19.8 Å². The number of Topliss-reactive ketones (excluding diaryl/α,β-unsaturated/α-hetero) is 1. The lowest BCUT2D eigenvalue weighted by Crippen LogP contribution is -2.35. The standard InChI is InChI=1S/C14H13BrFNO4/c1-2-3-4-21-11(18)7-17-12-9(13(19)14(17)20)5-8(16)6-10(12)15/h5-6H,2-4,7H2,1H3. The molecule has 1 aromatic carbocycles. The van der Waals surface area contributed by atoms with Crippen LogP contribution in [-0.4, -0.2) is 30.8 Å². The third-order valence-corrected chi connectivity index (χ3v) is 3.63. The van der Waals surface area contributed by atoms with Gasteiger partial charge in [-0.15, -0.1) is 0 Å². The van der Waals surface area contributed by atoms with Gasteiger partial charge < -0.3 is 4.74 Å². The van der Waals surface area contributed by atoms with Crippen LogP contribution in [0, 0.1) is 5.82 Å². The van der Waals surface area contributed by atoms with Crippen LogP contribution in [0.5, 0.6) is 0 Å². The molecule has 112 valence electrons. The molecule has 1 heterocycles. The molecule has 1 aromatic rings. The molecule has 0 atom stereocenters. The van der Waals surface area contributed by atoms with Crippen molar-refractivity contribution in [3.8, 4) is 0 Å². The van der Waals surface area contributed by atoms with Crippen LogP contribution in [0.4, 0.5) is 10.1 Å². The highest BCUT2D eigenvalue weighted by atomic mass is 79.9. The number of carbonyl (C=O) groups is 3. The van der Waals surface area contributed by atoms with Gasteiger partial charge in [0.25, 0.3) is 11.7 Å². The molecule has 5 nitrogen and oxygen atoms in total. The first kappa shape index (κ1) is 15.6. The number of halogens is 2. The van der Waals surface area contributed by atoms with E-state index in [9.17, 15) is 18.8 Å². The number of hydrogen-bond acceptors (Lipinski definition) is 4. The summed E-state index contributed by atoms with van der Waals surface area (Å²) in [6.45, 7) is 1.85. The summed E-state index contributed by atoms with van der Waals surface area (Å²) in [5.74, 6) is -2.92. The van der Waals surface area contributed by atoms with E-state index in [1.165, 1.54) is 0 Å². The summed E-state index contributed by atoms with van der Waals surface area (Å²) in [6, 6.07) is 2.13. The van der Waals surface area contributed by atoms with E-state index in [0.717, 1.165) is 29.9 Å². The number of amides is 1. The number of rotatable bonds is 5. The van der Waals surface area contributed by atoms with Crippen molar-refractivity contribution in [3.05, 3.63) is 28.0 Å². The Morgan fingerprint density at radius 1 is 1.38 bits per heavy atom. The molecular formula is C14H13BrFNO4. The zero-order chi connectivity index (χ0) is 15.6. The first-order chi connectivity index (χ1) is 9.95. The Balaban J connectivity index is 2.21. The Hall–Kier alpha value is -1.76. The third-order valence-electron chi connectivity index (χ3n) is 3.03. The molecular weight excluding hydrogens is 345 g/mol. The summed E-state index contributed by atoms with van der Waals surface area (Å²) in [5.41, 5.74) is 0.159. The molecule has 0 N–H and O–H groups in total. The maximum Gasteiger partial charge on any atom is 0.326 e. The average Bonchev–Trinajstić information content (AvgIpc) is 2.64. The SMILES string of the molecule is CCCCOC(=O)CN1C(=O)C(=O)c2cc(F)cc(Br)c21. The van der Waals surface area contributed by atoms with E-state index < -0.39 is 23.5 Å². The van der Waals surface area contributed by atoms with E-state index in [-0.39, 0.29) is 28.9 Å². The molecule has 0 unspecified atom stereocenters. The van der Waals surface area contributed by atoms with E-state index in [4.69, 9.17) is 4.74 Å². The van der Waals surface area contributed by atoms with E-state index in [1.54, 1.807) is 0 Å². The highest BCUT2D eigenvalue weighted by Gasteiger charge is 2.39. The molecule has 0 saturated carbocycles. The van der Waals surface area contributed by atoms with E-state index >= 15 is 0 Å². The van der Waals surface area contributed by atoms with Crippen molar-refractivity contribution >= 4 is 39.3 Å². The van der Waals surface area contributed by atoms with Crippen LogP contribution in [0.1, 0.15) is 30.1 Å². The minimum Gasteiger partial charge on any atom is -0.464 e. The molecule has 0 aromatic heterocycles. The molecule has 0 fully saturated rings. The fourth-order valence-corrected chi connectivity index (χ4v) is 2.65. The highest BCUT2D eigenvalue weighted by molar-refractivity contribution is 9.10. The molecule has 1 aliphatic heterocycles. The van der Waals surface area contributed by atoms with E-state index in [1.807, 2.05) is 6.92 Å². The Bertz CT molecular complexity index is 617. The first-order valence-electron chi connectivity index (χ1n) is 6.46. The molecule has 0 radical (unpaired) electrons. The second-order valence-corrected chi connectivity index (χ2v) is 5.43. The Morgan fingerprint density at radius 3 is 2.76 bits per heavy atom. The Kier molecular flexibility index (Phi) is 4.72. The van der Waals surface area contributed by atoms with Crippen LogP contribution in [0.15, 0.2) is 16.6 Å². The van der Waals surface area contributed by atoms with E-state index in [2.05, 4.69) is 15.9 Å². The van der Waals surface area contributed by atoms with Crippen molar-refractivity contribution < 1.29 is 23.5 Å². The van der Waals surface area contributed by atoms with Crippen LogP contribution in [0.25, 0.3) is 0 Å². The summed E-state index contributed by atoms with van der Waals surface area (Å²) in [5, 5.41) is 0. The Labute approximate surface area is 129 Å². The summed E-state index contributed by atoms with van der Waals surface area (Å²) in [6.07, 6.45) is 1.60. The molecule has 1 aliphatic rings. The molecule has 1 amide bonds. The minimum atomic E-state index is -0.858. The van der Waals surface area contributed by atoms with Gasteiger partial charge in [-0.25, -0.2) is 4.39 Å². The van der Waals surface area contributed by atoms with Crippen LogP contribution < -0.4 is 4.90 Å². The number of hydrogen-bond donors (Lipinski definition) is 0. The van der Waals surface area contributed by atoms with Crippen molar-refractivity contribution in [2.24, 2.45) is 0 Å². The monoisotopic (exact) mass is 357 g/mol. The summed E-state index contributed by atoms with van der Waals surface area (Å²) >= 11 is 3.11. The lowest BCUT2D eigenvalue weighted by molar-refractivity contribution is -0.142. The Morgan fingerprint density at radius 2 is 2.10 bits per heavy atom. The van der Waals surface area contributed by atoms with Crippen LogP contribution in [0.3, 0.4) is 0 Å². The molecule has 2 rings (SSSR count). The number of benzene rings is 1. The van der Waals surface area contributed by atoms with Gasteiger partial charge in [-0.2, -0.15) is 0 Å². The van der Waals surface area contributed by atoms with Crippen molar-refractivity contribution in [1.82, 2.24) is 0 Å². The molecule has 0 spiro atoms. The predicted octanol–water partition coefficient (Wildman–Crippen LogP) is 2.46. The zero-order valence-corrected chi connectivity index (χ0v) is 12.9. The van der Waals surface area contributed by atoms with Gasteiger partial charge in [0.1, 0.15) is 12.4 Å². The van der Waals surface area contributed by atoms with Crippen molar-refractivity contribution in [2.75, 3.05) is 18.1 Å².